The largest absolute Gasteiger partial charge is 0.489 e. The van der Waals surface area contributed by atoms with Crippen LogP contribution in [0.25, 0.3) is 0 Å². The predicted octanol–water partition coefficient (Wildman–Crippen LogP) is 1.91. The summed E-state index contributed by atoms with van der Waals surface area (Å²) < 4.78 is 11.4. The van der Waals surface area contributed by atoms with Crippen molar-refractivity contribution in [3.05, 3.63) is 29.8 Å². The van der Waals surface area contributed by atoms with Crippen molar-refractivity contribution in [1.29, 1.82) is 0 Å². The minimum Gasteiger partial charge on any atom is -0.489 e. The van der Waals surface area contributed by atoms with Gasteiger partial charge in [-0.05, 0) is 44.4 Å². The quantitative estimate of drug-likeness (QED) is 0.602. The van der Waals surface area contributed by atoms with Crippen molar-refractivity contribution in [2.24, 2.45) is 10.9 Å². The summed E-state index contributed by atoms with van der Waals surface area (Å²) in [7, 11) is 1.80. The summed E-state index contributed by atoms with van der Waals surface area (Å²) in [5, 5.41) is 3.42. The Kier molecular flexibility index (Phi) is 7.75. The molecule has 1 atom stereocenters. The summed E-state index contributed by atoms with van der Waals surface area (Å²) in [6, 6.07) is 8.09. The van der Waals surface area contributed by atoms with E-state index in [-0.39, 0.29) is 17.9 Å². The maximum Gasteiger partial charge on any atom is 0.225 e. The number of nitrogens with one attached hydrogen (secondary N) is 1. The molecule has 2 saturated heterocycles. The van der Waals surface area contributed by atoms with Gasteiger partial charge in [-0.2, -0.15) is 0 Å². The van der Waals surface area contributed by atoms with Gasteiger partial charge in [0, 0.05) is 39.1 Å². The standard InChI is InChI=1S/C22H34N4O3/c1-17-5-4-6-20(15-17)29-18(2)16-24-22(23-3)26-9-7-19(8-10-26)21(27)25-11-13-28-14-12-25/h4-6,15,18-19H,7-14,16H2,1-3H3,(H,23,24). The monoisotopic (exact) mass is 402 g/mol. The number of aliphatic imine (C=N–C) groups is 1. The van der Waals surface area contributed by atoms with Crippen LogP contribution >= 0.6 is 0 Å². The molecule has 1 unspecified atom stereocenters. The fourth-order valence-corrected chi connectivity index (χ4v) is 3.91. The van der Waals surface area contributed by atoms with Gasteiger partial charge in [-0.25, -0.2) is 0 Å². The first-order valence-electron chi connectivity index (χ1n) is 10.6. The van der Waals surface area contributed by atoms with E-state index in [2.05, 4.69) is 35.1 Å². The van der Waals surface area contributed by atoms with Gasteiger partial charge in [0.15, 0.2) is 5.96 Å². The number of likely N-dealkylation sites (tertiary alicyclic amines) is 1. The number of guanidine groups is 1. The second kappa shape index (κ2) is 10.5. The third-order valence-electron chi connectivity index (χ3n) is 5.55. The number of rotatable bonds is 5. The lowest BCUT2D eigenvalue weighted by molar-refractivity contribution is -0.140. The second-order valence-corrected chi connectivity index (χ2v) is 7.87. The van der Waals surface area contributed by atoms with E-state index in [0.717, 1.165) is 50.7 Å². The second-order valence-electron chi connectivity index (χ2n) is 7.87. The van der Waals surface area contributed by atoms with Crippen LogP contribution in [0.15, 0.2) is 29.3 Å². The Bertz CT molecular complexity index is 695. The van der Waals surface area contributed by atoms with Crippen LogP contribution in [0.5, 0.6) is 5.75 Å². The van der Waals surface area contributed by atoms with Gasteiger partial charge in [0.2, 0.25) is 5.91 Å². The molecule has 3 rings (SSSR count). The van der Waals surface area contributed by atoms with Crippen LogP contribution in [-0.2, 0) is 9.53 Å². The molecular weight excluding hydrogens is 368 g/mol. The molecule has 0 saturated carbocycles. The Morgan fingerprint density at radius 2 is 1.97 bits per heavy atom. The van der Waals surface area contributed by atoms with E-state index >= 15 is 0 Å². The minimum atomic E-state index is 0.0222. The molecule has 0 bridgehead atoms. The topological polar surface area (TPSA) is 66.4 Å². The molecule has 7 nitrogen and oxygen atoms in total. The van der Waals surface area contributed by atoms with E-state index in [1.165, 1.54) is 5.56 Å². The van der Waals surface area contributed by atoms with Crippen molar-refractivity contribution in [3.8, 4) is 5.75 Å². The van der Waals surface area contributed by atoms with Crippen molar-refractivity contribution in [1.82, 2.24) is 15.1 Å². The van der Waals surface area contributed by atoms with E-state index in [1.54, 1.807) is 7.05 Å². The summed E-state index contributed by atoms with van der Waals surface area (Å²) in [5.41, 5.74) is 1.19. The molecule has 2 aliphatic rings. The number of nitrogens with zero attached hydrogens (tertiary/aromatic N) is 3. The summed E-state index contributed by atoms with van der Waals surface area (Å²) >= 11 is 0. The lowest BCUT2D eigenvalue weighted by Crippen LogP contribution is -2.50. The normalized spacial score (nSPS) is 19.8. The molecule has 2 fully saturated rings. The van der Waals surface area contributed by atoms with Crippen molar-refractivity contribution in [2.45, 2.75) is 32.8 Å². The van der Waals surface area contributed by atoms with Crippen LogP contribution in [0.4, 0.5) is 0 Å². The molecular formula is C22H34N4O3. The first kappa shape index (κ1) is 21.4. The number of aryl methyl sites for hydroxylation is 1. The number of piperidine rings is 1. The fraction of sp³-hybridized carbons (Fsp3) is 0.636. The molecule has 160 valence electrons. The molecule has 1 aromatic rings. The smallest absolute Gasteiger partial charge is 0.225 e. The maximum atomic E-state index is 12.7. The third-order valence-corrected chi connectivity index (χ3v) is 5.55. The van der Waals surface area contributed by atoms with Gasteiger partial charge >= 0.3 is 0 Å². The van der Waals surface area contributed by atoms with E-state index < -0.39 is 0 Å². The molecule has 7 heteroatoms. The number of amides is 1. The highest BCUT2D eigenvalue weighted by atomic mass is 16.5. The SMILES string of the molecule is CN=C(NCC(C)Oc1cccc(C)c1)N1CCC(C(=O)N2CCOCC2)CC1. The number of benzene rings is 1. The van der Waals surface area contributed by atoms with E-state index in [4.69, 9.17) is 9.47 Å². The number of hydrogen-bond acceptors (Lipinski definition) is 4. The number of carbonyl (C=O) groups is 1. The molecule has 1 amide bonds. The zero-order valence-corrected chi connectivity index (χ0v) is 17.9. The van der Waals surface area contributed by atoms with E-state index in [0.29, 0.717) is 19.8 Å². The molecule has 1 aromatic carbocycles. The van der Waals surface area contributed by atoms with E-state index in [1.807, 2.05) is 23.1 Å². The van der Waals surface area contributed by atoms with Gasteiger partial charge in [-0.3, -0.25) is 9.79 Å². The van der Waals surface area contributed by atoms with E-state index in [9.17, 15) is 4.79 Å². The third kappa shape index (κ3) is 6.10. The number of hydrogen-bond donors (Lipinski definition) is 1. The molecule has 0 radical (unpaired) electrons. The van der Waals surface area contributed by atoms with Gasteiger partial charge < -0.3 is 24.6 Å². The van der Waals surface area contributed by atoms with Crippen molar-refractivity contribution >= 4 is 11.9 Å². The van der Waals surface area contributed by atoms with Crippen LogP contribution < -0.4 is 10.1 Å². The molecule has 2 aliphatic heterocycles. The predicted molar refractivity (Wildman–Crippen MR) is 114 cm³/mol. The van der Waals surface area contributed by atoms with Gasteiger partial charge in [0.1, 0.15) is 11.9 Å². The number of morpholine rings is 1. The van der Waals surface area contributed by atoms with Gasteiger partial charge in [-0.1, -0.05) is 12.1 Å². The maximum absolute atomic E-state index is 12.7. The lowest BCUT2D eigenvalue weighted by atomic mass is 9.95. The van der Waals surface area contributed by atoms with Gasteiger partial charge in [0.25, 0.3) is 0 Å². The Morgan fingerprint density at radius 1 is 1.24 bits per heavy atom. The van der Waals surface area contributed by atoms with Crippen LogP contribution in [-0.4, -0.2) is 80.8 Å². The molecule has 1 N–H and O–H groups in total. The minimum absolute atomic E-state index is 0.0222. The Hall–Kier alpha value is -2.28. The summed E-state index contributed by atoms with van der Waals surface area (Å²) in [6.45, 7) is 9.23. The molecule has 2 heterocycles. The van der Waals surface area contributed by atoms with Crippen molar-refractivity contribution in [2.75, 3.05) is 53.0 Å². The Labute approximate surface area is 174 Å². The number of carbonyl (C=O) groups excluding carboxylic acids is 1. The first-order valence-corrected chi connectivity index (χ1v) is 10.6. The zero-order chi connectivity index (χ0) is 20.6. The first-order chi connectivity index (χ1) is 14.1. The lowest BCUT2D eigenvalue weighted by Gasteiger charge is -2.37. The summed E-state index contributed by atoms with van der Waals surface area (Å²) in [5.74, 6) is 2.17. The highest BCUT2D eigenvalue weighted by Crippen LogP contribution is 2.20. The van der Waals surface area contributed by atoms with Gasteiger partial charge in [0.05, 0.1) is 19.8 Å². The van der Waals surface area contributed by atoms with Gasteiger partial charge in [-0.15, -0.1) is 0 Å². The van der Waals surface area contributed by atoms with Crippen LogP contribution in [0, 0.1) is 12.8 Å². The van der Waals surface area contributed by atoms with Crippen LogP contribution in [0.3, 0.4) is 0 Å². The van der Waals surface area contributed by atoms with Crippen molar-refractivity contribution in [3.63, 3.8) is 0 Å². The number of ether oxygens (including phenoxy) is 2. The zero-order valence-electron chi connectivity index (χ0n) is 17.9. The highest BCUT2D eigenvalue weighted by molar-refractivity contribution is 5.81. The van der Waals surface area contributed by atoms with Crippen LogP contribution in [0.1, 0.15) is 25.3 Å². The molecule has 29 heavy (non-hydrogen) atoms. The summed E-state index contributed by atoms with van der Waals surface area (Å²) in [6.07, 6.45) is 1.76. The average molecular weight is 403 g/mol. The Morgan fingerprint density at radius 3 is 2.62 bits per heavy atom. The van der Waals surface area contributed by atoms with Crippen molar-refractivity contribution < 1.29 is 14.3 Å². The van der Waals surface area contributed by atoms with Crippen LogP contribution in [0.2, 0.25) is 0 Å². The molecule has 0 spiro atoms. The Balaban J connectivity index is 1.43. The molecule has 0 aromatic heterocycles. The average Bonchev–Trinajstić information content (AvgIpc) is 2.75. The summed E-state index contributed by atoms with van der Waals surface area (Å²) in [4.78, 5) is 21.3. The fourth-order valence-electron chi connectivity index (χ4n) is 3.91. The molecule has 0 aliphatic carbocycles. The highest BCUT2D eigenvalue weighted by Gasteiger charge is 2.30.